The van der Waals surface area contributed by atoms with Crippen molar-refractivity contribution >= 4 is 5.82 Å². The lowest BCUT2D eigenvalue weighted by molar-refractivity contribution is 0.901. The molecule has 0 aliphatic heterocycles. The van der Waals surface area contributed by atoms with Gasteiger partial charge in [-0.2, -0.15) is 0 Å². The second kappa shape index (κ2) is 6.27. The first-order valence-electron chi connectivity index (χ1n) is 6.76. The highest BCUT2D eigenvalue weighted by Gasteiger charge is 2.13. The molecule has 2 heterocycles. The summed E-state index contributed by atoms with van der Waals surface area (Å²) in [7, 11) is 0. The Hall–Kier alpha value is -1.97. The maximum Gasteiger partial charge on any atom is 0.133 e. The Morgan fingerprint density at radius 3 is 2.74 bits per heavy atom. The minimum absolute atomic E-state index is 0.860. The van der Waals surface area contributed by atoms with Gasteiger partial charge in [-0.25, -0.2) is 9.97 Å². The van der Waals surface area contributed by atoms with E-state index < -0.39 is 0 Å². The van der Waals surface area contributed by atoms with Crippen molar-refractivity contribution in [2.45, 2.75) is 33.6 Å². The maximum atomic E-state index is 4.48. The molecule has 4 nitrogen and oxygen atoms in total. The molecule has 0 amide bonds. The van der Waals surface area contributed by atoms with Crippen LogP contribution in [0.3, 0.4) is 0 Å². The van der Waals surface area contributed by atoms with Crippen LogP contribution < -0.4 is 5.32 Å². The fraction of sp³-hybridized carbons (Fsp3) is 0.400. The van der Waals surface area contributed by atoms with Gasteiger partial charge in [0.1, 0.15) is 12.1 Å². The summed E-state index contributed by atoms with van der Waals surface area (Å²) in [5.74, 6) is 0.942. The summed E-state index contributed by atoms with van der Waals surface area (Å²) in [5.41, 5.74) is 4.46. The van der Waals surface area contributed by atoms with E-state index in [1.807, 2.05) is 18.5 Å². The molecule has 0 atom stereocenters. The van der Waals surface area contributed by atoms with Crippen LogP contribution in [0.5, 0.6) is 0 Å². The number of hydrogen-bond acceptors (Lipinski definition) is 4. The number of nitrogens with one attached hydrogen (secondary N) is 1. The topological polar surface area (TPSA) is 50.7 Å². The first-order chi connectivity index (χ1) is 9.27. The van der Waals surface area contributed by atoms with Gasteiger partial charge >= 0.3 is 0 Å². The predicted molar refractivity (Wildman–Crippen MR) is 78.2 cm³/mol. The third-order valence-electron chi connectivity index (χ3n) is 3.08. The van der Waals surface area contributed by atoms with Crippen molar-refractivity contribution in [1.29, 1.82) is 0 Å². The van der Waals surface area contributed by atoms with Crippen LogP contribution in [0.4, 0.5) is 5.82 Å². The highest BCUT2D eigenvalue weighted by molar-refractivity contribution is 5.70. The minimum atomic E-state index is 0.860. The summed E-state index contributed by atoms with van der Waals surface area (Å²) < 4.78 is 0. The van der Waals surface area contributed by atoms with Gasteiger partial charge in [-0.3, -0.25) is 4.98 Å². The Bertz CT molecular complexity index is 552. The molecule has 0 spiro atoms. The summed E-state index contributed by atoms with van der Waals surface area (Å²) in [6.07, 6.45) is 7.35. The molecule has 19 heavy (non-hydrogen) atoms. The van der Waals surface area contributed by atoms with Crippen molar-refractivity contribution in [1.82, 2.24) is 15.0 Å². The normalized spacial score (nSPS) is 10.5. The molecule has 2 aromatic heterocycles. The van der Waals surface area contributed by atoms with E-state index in [0.29, 0.717) is 0 Å². The molecule has 0 aromatic carbocycles. The monoisotopic (exact) mass is 256 g/mol. The molecule has 0 fully saturated rings. The number of nitrogens with zero attached hydrogens (tertiary/aromatic N) is 3. The summed E-state index contributed by atoms with van der Waals surface area (Å²) in [6, 6.07) is 2.01. The Labute approximate surface area is 114 Å². The van der Waals surface area contributed by atoms with E-state index in [1.165, 1.54) is 11.1 Å². The van der Waals surface area contributed by atoms with Crippen LogP contribution >= 0.6 is 0 Å². The van der Waals surface area contributed by atoms with Gasteiger partial charge in [0.25, 0.3) is 0 Å². The third-order valence-corrected chi connectivity index (χ3v) is 3.08. The third kappa shape index (κ3) is 2.89. The van der Waals surface area contributed by atoms with Gasteiger partial charge in [0.2, 0.25) is 0 Å². The highest BCUT2D eigenvalue weighted by Crippen LogP contribution is 2.28. The Morgan fingerprint density at radius 1 is 1.21 bits per heavy atom. The number of hydrogen-bond donors (Lipinski definition) is 1. The van der Waals surface area contributed by atoms with Crippen molar-refractivity contribution in [2.24, 2.45) is 0 Å². The number of anilines is 1. The number of rotatable bonds is 5. The van der Waals surface area contributed by atoms with Gasteiger partial charge in [0.05, 0.1) is 5.69 Å². The molecular weight excluding hydrogens is 236 g/mol. The van der Waals surface area contributed by atoms with Crippen LogP contribution in [0.25, 0.3) is 11.3 Å². The molecule has 0 bridgehead atoms. The number of aryl methyl sites for hydroxylation is 1. The van der Waals surface area contributed by atoms with E-state index in [2.05, 4.69) is 41.0 Å². The van der Waals surface area contributed by atoms with Crippen LogP contribution in [0, 0.1) is 6.92 Å². The SMILES string of the molecule is CCCc1c(NCC)ncnc1-c1cnccc1C. The van der Waals surface area contributed by atoms with Gasteiger partial charge in [-0.1, -0.05) is 13.3 Å². The maximum absolute atomic E-state index is 4.48. The minimum Gasteiger partial charge on any atom is -0.370 e. The molecule has 2 aromatic rings. The molecule has 0 saturated heterocycles. The zero-order valence-electron chi connectivity index (χ0n) is 11.8. The molecule has 1 N–H and O–H groups in total. The Balaban J connectivity index is 2.56. The van der Waals surface area contributed by atoms with Crippen molar-refractivity contribution in [2.75, 3.05) is 11.9 Å². The van der Waals surface area contributed by atoms with Crippen molar-refractivity contribution in [3.05, 3.63) is 35.9 Å². The molecule has 0 aliphatic rings. The largest absolute Gasteiger partial charge is 0.370 e. The van der Waals surface area contributed by atoms with E-state index in [-0.39, 0.29) is 0 Å². The molecule has 0 saturated carbocycles. The lowest BCUT2D eigenvalue weighted by atomic mass is 10.0. The lowest BCUT2D eigenvalue weighted by Crippen LogP contribution is -2.06. The van der Waals surface area contributed by atoms with Gasteiger partial charge in [0, 0.05) is 30.1 Å². The Kier molecular flexibility index (Phi) is 4.44. The molecule has 4 heteroatoms. The van der Waals surface area contributed by atoms with E-state index in [9.17, 15) is 0 Å². The van der Waals surface area contributed by atoms with Gasteiger partial charge in [0.15, 0.2) is 0 Å². The van der Waals surface area contributed by atoms with Crippen LogP contribution in [0.1, 0.15) is 31.4 Å². The van der Waals surface area contributed by atoms with Crippen molar-refractivity contribution in [3.8, 4) is 11.3 Å². The molecule has 0 unspecified atom stereocenters. The average Bonchev–Trinajstić information content (AvgIpc) is 2.42. The quantitative estimate of drug-likeness (QED) is 0.892. The first kappa shape index (κ1) is 13.5. The predicted octanol–water partition coefficient (Wildman–Crippen LogP) is 3.23. The molecular formula is C15H20N4. The summed E-state index contributed by atoms with van der Waals surface area (Å²) in [5, 5.41) is 3.32. The summed E-state index contributed by atoms with van der Waals surface area (Å²) in [6.45, 7) is 7.19. The van der Waals surface area contributed by atoms with Gasteiger partial charge in [-0.15, -0.1) is 0 Å². The van der Waals surface area contributed by atoms with E-state index in [4.69, 9.17) is 0 Å². The van der Waals surface area contributed by atoms with Crippen molar-refractivity contribution < 1.29 is 0 Å². The van der Waals surface area contributed by atoms with Crippen LogP contribution in [-0.2, 0) is 6.42 Å². The zero-order chi connectivity index (χ0) is 13.7. The smallest absolute Gasteiger partial charge is 0.133 e. The van der Waals surface area contributed by atoms with Crippen LogP contribution in [0.15, 0.2) is 24.8 Å². The van der Waals surface area contributed by atoms with Crippen LogP contribution in [-0.4, -0.2) is 21.5 Å². The van der Waals surface area contributed by atoms with Gasteiger partial charge in [-0.05, 0) is 31.9 Å². The molecule has 2 rings (SSSR count). The fourth-order valence-corrected chi connectivity index (χ4v) is 2.16. The second-order valence-electron chi connectivity index (χ2n) is 4.52. The highest BCUT2D eigenvalue weighted by atomic mass is 15.0. The van der Waals surface area contributed by atoms with E-state index in [0.717, 1.165) is 36.5 Å². The van der Waals surface area contributed by atoms with E-state index >= 15 is 0 Å². The van der Waals surface area contributed by atoms with Crippen molar-refractivity contribution in [3.63, 3.8) is 0 Å². The summed E-state index contributed by atoms with van der Waals surface area (Å²) in [4.78, 5) is 13.1. The standard InChI is InChI=1S/C15H20N4/c1-4-6-12-14(13-9-16-8-7-11(13)3)18-10-19-15(12)17-5-2/h7-10H,4-6H2,1-3H3,(H,17,18,19). The molecule has 100 valence electrons. The summed E-state index contributed by atoms with van der Waals surface area (Å²) >= 11 is 0. The lowest BCUT2D eigenvalue weighted by Gasteiger charge is -2.14. The number of pyridine rings is 1. The van der Waals surface area contributed by atoms with Crippen LogP contribution in [0.2, 0.25) is 0 Å². The zero-order valence-corrected chi connectivity index (χ0v) is 11.8. The first-order valence-corrected chi connectivity index (χ1v) is 6.76. The molecule has 0 radical (unpaired) electrons. The fourth-order valence-electron chi connectivity index (χ4n) is 2.16. The molecule has 0 aliphatic carbocycles. The Morgan fingerprint density at radius 2 is 2.05 bits per heavy atom. The van der Waals surface area contributed by atoms with Gasteiger partial charge < -0.3 is 5.32 Å². The van der Waals surface area contributed by atoms with E-state index in [1.54, 1.807) is 6.33 Å². The second-order valence-corrected chi connectivity index (χ2v) is 4.52. The number of aromatic nitrogens is 3. The average molecular weight is 256 g/mol.